The fourth-order valence-electron chi connectivity index (χ4n) is 3.35. The first-order chi connectivity index (χ1) is 13.7. The lowest BCUT2D eigenvalue weighted by molar-refractivity contribution is -0.131. The number of likely N-dealkylation sites (N-methyl/N-ethyl adjacent to an activating group) is 1. The molecule has 0 bridgehead atoms. The first-order valence-corrected chi connectivity index (χ1v) is 11.1. The smallest absolute Gasteiger partial charge is 0.243 e. The molecule has 1 fully saturated rings. The minimum absolute atomic E-state index is 0.0140. The second kappa shape index (κ2) is 8.64. The molecule has 0 aliphatic carbocycles. The molecule has 1 amide bonds. The number of hydrogen-bond donors (Lipinski definition) is 0. The van der Waals surface area contributed by atoms with Crippen molar-refractivity contribution in [3.63, 3.8) is 0 Å². The minimum Gasteiger partial charge on any atom is -0.361 e. The van der Waals surface area contributed by atoms with Crippen LogP contribution in [0.5, 0.6) is 0 Å². The Bertz CT molecular complexity index is 941. The molecule has 0 saturated carbocycles. The number of aromatic nitrogens is 1. The van der Waals surface area contributed by atoms with Crippen molar-refractivity contribution in [2.45, 2.75) is 32.2 Å². The summed E-state index contributed by atoms with van der Waals surface area (Å²) in [5.41, 5.74) is 2.74. The topological polar surface area (TPSA) is 87.0 Å². The SMILES string of the molecule is Cc1ccc(S(=O)(=O)N2CCN(CC(=O)N(C)Cc3c(C)noc3C)CC2)cc1. The molecule has 1 aliphatic rings. The van der Waals surface area contributed by atoms with Crippen LogP contribution in [0.1, 0.15) is 22.6 Å². The van der Waals surface area contributed by atoms with E-state index in [1.807, 2.05) is 25.7 Å². The van der Waals surface area contributed by atoms with Gasteiger partial charge in [0.1, 0.15) is 5.76 Å². The summed E-state index contributed by atoms with van der Waals surface area (Å²) in [7, 11) is -1.74. The van der Waals surface area contributed by atoms with Crippen molar-refractivity contribution >= 4 is 15.9 Å². The molecule has 0 atom stereocenters. The Balaban J connectivity index is 1.54. The van der Waals surface area contributed by atoms with Crippen LogP contribution in [0.2, 0.25) is 0 Å². The highest BCUT2D eigenvalue weighted by Crippen LogP contribution is 2.19. The third-order valence-corrected chi connectivity index (χ3v) is 7.26. The molecule has 1 aromatic carbocycles. The number of sulfonamides is 1. The summed E-state index contributed by atoms with van der Waals surface area (Å²) < 4.78 is 32.2. The van der Waals surface area contributed by atoms with Gasteiger partial charge in [-0.2, -0.15) is 4.31 Å². The first-order valence-electron chi connectivity index (χ1n) is 9.63. The summed E-state index contributed by atoms with van der Waals surface area (Å²) in [5.74, 6) is 0.705. The quantitative estimate of drug-likeness (QED) is 0.705. The highest BCUT2D eigenvalue weighted by Gasteiger charge is 2.29. The van der Waals surface area contributed by atoms with E-state index in [4.69, 9.17) is 4.52 Å². The Labute approximate surface area is 172 Å². The summed E-state index contributed by atoms with van der Waals surface area (Å²) >= 11 is 0. The molecule has 9 heteroatoms. The van der Waals surface area contributed by atoms with E-state index in [-0.39, 0.29) is 12.5 Å². The van der Waals surface area contributed by atoms with Gasteiger partial charge < -0.3 is 9.42 Å². The van der Waals surface area contributed by atoms with Gasteiger partial charge >= 0.3 is 0 Å². The van der Waals surface area contributed by atoms with E-state index in [9.17, 15) is 13.2 Å². The lowest BCUT2D eigenvalue weighted by Crippen LogP contribution is -2.51. The largest absolute Gasteiger partial charge is 0.361 e. The minimum atomic E-state index is -3.50. The van der Waals surface area contributed by atoms with Crippen molar-refractivity contribution in [2.24, 2.45) is 0 Å². The van der Waals surface area contributed by atoms with Crippen LogP contribution in [0.3, 0.4) is 0 Å². The maximum absolute atomic E-state index is 12.8. The third kappa shape index (κ3) is 4.85. The van der Waals surface area contributed by atoms with Gasteiger partial charge in [0.25, 0.3) is 0 Å². The summed E-state index contributed by atoms with van der Waals surface area (Å²) in [5, 5.41) is 3.92. The highest BCUT2D eigenvalue weighted by atomic mass is 32.2. The monoisotopic (exact) mass is 420 g/mol. The number of amides is 1. The Kier molecular flexibility index (Phi) is 6.40. The standard InChI is InChI=1S/C20H28N4O4S/c1-15-5-7-18(8-6-15)29(26,27)24-11-9-23(10-12-24)14-20(25)22(4)13-19-16(2)21-28-17(19)3/h5-8H,9-14H2,1-4H3. The predicted molar refractivity (Wildman–Crippen MR) is 109 cm³/mol. The average Bonchev–Trinajstić information content (AvgIpc) is 3.00. The molecule has 0 unspecified atom stereocenters. The van der Waals surface area contributed by atoms with Gasteiger partial charge in [-0.1, -0.05) is 22.9 Å². The maximum Gasteiger partial charge on any atom is 0.243 e. The van der Waals surface area contributed by atoms with Crippen molar-refractivity contribution < 1.29 is 17.7 Å². The molecule has 1 aliphatic heterocycles. The molecule has 3 rings (SSSR count). The predicted octanol–water partition coefficient (Wildman–Crippen LogP) is 1.56. The lowest BCUT2D eigenvalue weighted by atomic mass is 10.2. The molecule has 0 N–H and O–H groups in total. The van der Waals surface area contributed by atoms with Gasteiger partial charge in [-0.25, -0.2) is 8.42 Å². The molecular formula is C20H28N4O4S. The Hall–Kier alpha value is -2.23. The zero-order valence-electron chi connectivity index (χ0n) is 17.4. The second-order valence-electron chi connectivity index (χ2n) is 7.55. The average molecular weight is 421 g/mol. The van der Waals surface area contributed by atoms with Crippen molar-refractivity contribution in [1.82, 2.24) is 19.3 Å². The van der Waals surface area contributed by atoms with E-state index in [2.05, 4.69) is 5.16 Å². The Morgan fingerprint density at radius 3 is 2.28 bits per heavy atom. The van der Waals surface area contributed by atoms with Crippen LogP contribution in [-0.4, -0.2) is 73.4 Å². The summed E-state index contributed by atoms with van der Waals surface area (Å²) in [6.45, 7) is 8.12. The maximum atomic E-state index is 12.8. The van der Waals surface area contributed by atoms with Crippen LogP contribution < -0.4 is 0 Å². The van der Waals surface area contributed by atoms with Crippen LogP contribution in [0.15, 0.2) is 33.7 Å². The Morgan fingerprint density at radius 1 is 1.10 bits per heavy atom. The van der Waals surface area contributed by atoms with Gasteiger partial charge in [0, 0.05) is 38.8 Å². The van der Waals surface area contributed by atoms with Gasteiger partial charge in [-0.3, -0.25) is 9.69 Å². The third-order valence-electron chi connectivity index (χ3n) is 5.35. The van der Waals surface area contributed by atoms with Gasteiger partial charge in [-0.15, -0.1) is 0 Å². The molecule has 1 aromatic heterocycles. The van der Waals surface area contributed by atoms with Gasteiger partial charge in [0.05, 0.1) is 23.7 Å². The van der Waals surface area contributed by atoms with Gasteiger partial charge in [0.2, 0.25) is 15.9 Å². The number of benzene rings is 1. The van der Waals surface area contributed by atoms with E-state index < -0.39 is 10.0 Å². The van der Waals surface area contributed by atoms with Gasteiger partial charge in [0.15, 0.2) is 0 Å². The van der Waals surface area contributed by atoms with Crippen LogP contribution in [0, 0.1) is 20.8 Å². The zero-order valence-corrected chi connectivity index (χ0v) is 18.2. The molecule has 29 heavy (non-hydrogen) atoms. The normalized spacial score (nSPS) is 16.1. The number of piperazine rings is 1. The van der Waals surface area contributed by atoms with Crippen molar-refractivity contribution in [1.29, 1.82) is 0 Å². The first kappa shape index (κ1) is 21.5. The highest BCUT2D eigenvalue weighted by molar-refractivity contribution is 7.89. The van der Waals surface area contributed by atoms with E-state index in [1.165, 1.54) is 4.31 Å². The molecule has 2 heterocycles. The fourth-order valence-corrected chi connectivity index (χ4v) is 4.77. The van der Waals surface area contributed by atoms with E-state index >= 15 is 0 Å². The Morgan fingerprint density at radius 2 is 1.72 bits per heavy atom. The van der Waals surface area contributed by atoms with Gasteiger partial charge in [-0.05, 0) is 32.9 Å². The van der Waals surface area contributed by atoms with Crippen LogP contribution in [0.4, 0.5) is 0 Å². The van der Waals surface area contributed by atoms with Crippen LogP contribution >= 0.6 is 0 Å². The number of nitrogens with zero attached hydrogens (tertiary/aromatic N) is 4. The zero-order chi connectivity index (χ0) is 21.2. The summed E-state index contributed by atoms with van der Waals surface area (Å²) in [6.07, 6.45) is 0. The number of carbonyl (C=O) groups is 1. The molecular weight excluding hydrogens is 392 g/mol. The summed E-state index contributed by atoms with van der Waals surface area (Å²) in [6, 6.07) is 6.89. The van der Waals surface area contributed by atoms with Crippen LogP contribution in [0.25, 0.3) is 0 Å². The second-order valence-corrected chi connectivity index (χ2v) is 9.48. The van der Waals surface area contributed by atoms with Crippen molar-refractivity contribution in [3.8, 4) is 0 Å². The van der Waals surface area contributed by atoms with E-state index in [0.717, 1.165) is 22.6 Å². The van der Waals surface area contributed by atoms with E-state index in [1.54, 1.807) is 36.2 Å². The molecule has 2 aromatic rings. The molecule has 158 valence electrons. The fraction of sp³-hybridized carbons (Fsp3) is 0.500. The van der Waals surface area contributed by atoms with Crippen molar-refractivity contribution in [2.75, 3.05) is 39.8 Å². The molecule has 0 radical (unpaired) electrons. The number of hydrogen-bond acceptors (Lipinski definition) is 6. The molecule has 8 nitrogen and oxygen atoms in total. The van der Waals surface area contributed by atoms with Crippen molar-refractivity contribution in [3.05, 3.63) is 46.8 Å². The lowest BCUT2D eigenvalue weighted by Gasteiger charge is -2.34. The number of carbonyl (C=O) groups excluding carboxylic acids is 1. The molecule has 0 spiro atoms. The summed E-state index contributed by atoms with van der Waals surface area (Å²) in [4.78, 5) is 16.6. The number of rotatable bonds is 6. The number of aryl methyl sites for hydroxylation is 3. The van der Waals surface area contributed by atoms with Crippen LogP contribution in [-0.2, 0) is 21.4 Å². The van der Waals surface area contributed by atoms with E-state index in [0.29, 0.717) is 37.6 Å². The molecule has 1 saturated heterocycles.